The van der Waals surface area contributed by atoms with E-state index in [1.807, 2.05) is 0 Å². The Kier molecular flexibility index (Phi) is 8.87. The Balaban J connectivity index is 0.993. The Hall–Kier alpha value is -7.94. The van der Waals surface area contributed by atoms with E-state index in [4.69, 9.17) is 0 Å². The number of anilines is 3. The fourth-order valence-electron chi connectivity index (χ4n) is 8.96. The van der Waals surface area contributed by atoms with E-state index in [1.54, 1.807) is 0 Å². The molecule has 2 nitrogen and oxygen atoms in total. The fourth-order valence-corrected chi connectivity index (χ4v) is 8.96. The summed E-state index contributed by atoms with van der Waals surface area (Å²) in [6.07, 6.45) is 0. The highest BCUT2D eigenvalue weighted by Gasteiger charge is 2.17. The first-order valence-electron chi connectivity index (χ1n) is 20.6. The van der Waals surface area contributed by atoms with Crippen molar-refractivity contribution in [1.29, 1.82) is 0 Å². The van der Waals surface area contributed by atoms with Gasteiger partial charge in [-0.15, -0.1) is 0 Å². The average Bonchev–Trinajstić information content (AvgIpc) is 3.67. The van der Waals surface area contributed by atoms with Gasteiger partial charge < -0.3 is 9.47 Å². The summed E-state index contributed by atoms with van der Waals surface area (Å²) in [4.78, 5) is 2.37. The maximum Gasteiger partial charge on any atom is 0.0541 e. The summed E-state index contributed by atoms with van der Waals surface area (Å²) in [5, 5.41) is 5.03. The average molecular weight is 765 g/mol. The van der Waals surface area contributed by atoms with Crippen LogP contribution in [0.25, 0.3) is 82.8 Å². The van der Waals surface area contributed by atoms with Crippen molar-refractivity contribution >= 4 is 49.6 Å². The maximum atomic E-state index is 2.38. The predicted octanol–water partition coefficient (Wildman–Crippen LogP) is 16.1. The van der Waals surface area contributed by atoms with E-state index in [2.05, 4.69) is 252 Å². The molecule has 0 saturated heterocycles. The van der Waals surface area contributed by atoms with E-state index in [0.29, 0.717) is 0 Å². The molecule has 0 saturated carbocycles. The van der Waals surface area contributed by atoms with Crippen molar-refractivity contribution in [2.75, 3.05) is 4.90 Å². The molecule has 0 aliphatic carbocycles. The maximum absolute atomic E-state index is 2.38. The molecule has 0 fully saturated rings. The summed E-state index contributed by atoms with van der Waals surface area (Å²) in [7, 11) is 0. The molecule has 0 aliphatic heterocycles. The molecule has 0 radical (unpaired) electrons. The molecule has 282 valence electrons. The first kappa shape index (κ1) is 35.2. The van der Waals surface area contributed by atoms with Crippen LogP contribution in [-0.2, 0) is 0 Å². The highest BCUT2D eigenvalue weighted by atomic mass is 15.1. The monoisotopic (exact) mass is 764 g/mol. The molecular weight excluding hydrogens is 725 g/mol. The molecule has 10 aromatic carbocycles. The second kappa shape index (κ2) is 15.1. The third-order valence-electron chi connectivity index (χ3n) is 11.8. The molecule has 0 atom stereocenters. The van der Waals surface area contributed by atoms with Gasteiger partial charge in [0.05, 0.1) is 11.0 Å². The minimum Gasteiger partial charge on any atom is -0.310 e. The molecule has 0 N–H and O–H groups in total. The lowest BCUT2D eigenvalue weighted by molar-refractivity contribution is 1.18. The number of benzene rings is 10. The molecule has 0 bridgehead atoms. The summed E-state index contributed by atoms with van der Waals surface area (Å²) in [6, 6.07) is 87.8. The van der Waals surface area contributed by atoms with Crippen LogP contribution in [0.5, 0.6) is 0 Å². The molecule has 1 heterocycles. The number of fused-ring (bicyclic) bond motifs is 4. The number of aromatic nitrogens is 1. The molecule has 0 amide bonds. The molecule has 11 aromatic rings. The van der Waals surface area contributed by atoms with Crippen LogP contribution in [0.1, 0.15) is 0 Å². The van der Waals surface area contributed by atoms with Gasteiger partial charge in [0.25, 0.3) is 0 Å². The molecule has 0 unspecified atom stereocenters. The highest BCUT2D eigenvalue weighted by Crippen LogP contribution is 2.41. The van der Waals surface area contributed by atoms with Crippen molar-refractivity contribution in [2.24, 2.45) is 0 Å². The van der Waals surface area contributed by atoms with Crippen LogP contribution >= 0.6 is 0 Å². The predicted molar refractivity (Wildman–Crippen MR) is 255 cm³/mol. The van der Waals surface area contributed by atoms with Crippen molar-refractivity contribution in [3.63, 3.8) is 0 Å². The summed E-state index contributed by atoms with van der Waals surface area (Å²) >= 11 is 0. The smallest absolute Gasteiger partial charge is 0.0541 e. The van der Waals surface area contributed by atoms with E-state index in [9.17, 15) is 0 Å². The molecule has 11 rings (SSSR count). The largest absolute Gasteiger partial charge is 0.310 e. The Morgan fingerprint density at radius 2 is 0.733 bits per heavy atom. The third-order valence-corrected chi connectivity index (χ3v) is 11.8. The highest BCUT2D eigenvalue weighted by molar-refractivity contribution is 6.09. The van der Waals surface area contributed by atoms with Crippen LogP contribution in [0.3, 0.4) is 0 Å². The fraction of sp³-hybridized carbons (Fsp3) is 0. The van der Waals surface area contributed by atoms with Crippen LogP contribution in [0.15, 0.2) is 243 Å². The van der Waals surface area contributed by atoms with Gasteiger partial charge in [-0.1, -0.05) is 182 Å². The lowest BCUT2D eigenvalue weighted by Gasteiger charge is -2.26. The zero-order chi connectivity index (χ0) is 39.8. The standard InChI is InChI=1S/C58H40N2/c1-3-15-41(16-4-1)46-21-11-23-50(39-46)59(49-37-33-44(34-38-49)53-28-14-20-45-19-13-27-52(58(45)53)43-17-5-2-6-18-43)48-35-31-42(32-36-48)47-22-12-24-51(40-47)60-56-29-9-7-25-54(56)55-26-8-10-30-57(55)60/h1-40H. The number of hydrogen-bond donors (Lipinski definition) is 0. The van der Waals surface area contributed by atoms with Gasteiger partial charge in [0, 0.05) is 33.5 Å². The van der Waals surface area contributed by atoms with Gasteiger partial charge in [0.1, 0.15) is 0 Å². The number of nitrogens with zero attached hydrogens (tertiary/aromatic N) is 2. The van der Waals surface area contributed by atoms with Gasteiger partial charge in [0.2, 0.25) is 0 Å². The van der Waals surface area contributed by atoms with Crippen molar-refractivity contribution in [3.8, 4) is 50.2 Å². The topological polar surface area (TPSA) is 8.17 Å². The summed E-state index contributed by atoms with van der Waals surface area (Å²) in [5.41, 5.74) is 16.4. The van der Waals surface area contributed by atoms with Gasteiger partial charge in [-0.3, -0.25) is 0 Å². The molecule has 0 aliphatic rings. The van der Waals surface area contributed by atoms with Crippen LogP contribution in [0, 0.1) is 0 Å². The number of rotatable bonds is 8. The Morgan fingerprint density at radius 3 is 1.35 bits per heavy atom. The SMILES string of the molecule is c1ccc(-c2cccc(N(c3ccc(-c4cccc(-n5c6ccccc6c6ccccc65)c4)cc3)c3ccc(-c4cccc5cccc(-c6ccccc6)c45)cc3)c2)cc1. The minimum absolute atomic E-state index is 1.09. The number of hydrogen-bond acceptors (Lipinski definition) is 1. The van der Waals surface area contributed by atoms with E-state index >= 15 is 0 Å². The Labute approximate surface area is 350 Å². The third kappa shape index (κ3) is 6.32. The van der Waals surface area contributed by atoms with Crippen LogP contribution in [0.2, 0.25) is 0 Å². The van der Waals surface area contributed by atoms with Gasteiger partial charge in [-0.25, -0.2) is 0 Å². The van der Waals surface area contributed by atoms with Gasteiger partial charge in [-0.05, 0) is 116 Å². The van der Waals surface area contributed by atoms with E-state index in [-0.39, 0.29) is 0 Å². The van der Waals surface area contributed by atoms with Gasteiger partial charge in [0.15, 0.2) is 0 Å². The summed E-state index contributed by atoms with van der Waals surface area (Å²) in [6.45, 7) is 0. The van der Waals surface area contributed by atoms with E-state index in [0.717, 1.165) is 22.7 Å². The molecule has 2 heteroatoms. The summed E-state index contributed by atoms with van der Waals surface area (Å²) < 4.78 is 2.38. The second-order valence-corrected chi connectivity index (χ2v) is 15.3. The Bertz CT molecular complexity index is 3230. The van der Waals surface area contributed by atoms with Crippen molar-refractivity contribution in [3.05, 3.63) is 243 Å². The second-order valence-electron chi connectivity index (χ2n) is 15.3. The zero-order valence-electron chi connectivity index (χ0n) is 33.0. The minimum atomic E-state index is 1.09. The first-order valence-corrected chi connectivity index (χ1v) is 20.6. The van der Waals surface area contributed by atoms with Gasteiger partial charge >= 0.3 is 0 Å². The molecule has 1 aromatic heterocycles. The first-order chi connectivity index (χ1) is 29.8. The molecule has 0 spiro atoms. The van der Waals surface area contributed by atoms with Crippen LogP contribution < -0.4 is 4.90 Å². The lowest BCUT2D eigenvalue weighted by atomic mass is 9.91. The van der Waals surface area contributed by atoms with Crippen molar-refractivity contribution in [2.45, 2.75) is 0 Å². The zero-order valence-corrected chi connectivity index (χ0v) is 33.0. The van der Waals surface area contributed by atoms with Crippen molar-refractivity contribution in [1.82, 2.24) is 4.57 Å². The van der Waals surface area contributed by atoms with Crippen molar-refractivity contribution < 1.29 is 0 Å². The molecular formula is C58H40N2. The van der Waals surface area contributed by atoms with E-state index in [1.165, 1.54) is 77.1 Å². The summed E-state index contributed by atoms with van der Waals surface area (Å²) in [5.74, 6) is 0. The Morgan fingerprint density at radius 1 is 0.283 bits per heavy atom. The van der Waals surface area contributed by atoms with E-state index < -0.39 is 0 Å². The normalized spacial score (nSPS) is 11.3. The van der Waals surface area contributed by atoms with Crippen LogP contribution in [-0.4, -0.2) is 4.57 Å². The molecule has 60 heavy (non-hydrogen) atoms. The van der Waals surface area contributed by atoms with Crippen LogP contribution in [0.4, 0.5) is 17.1 Å². The quantitative estimate of drug-likeness (QED) is 0.150. The van der Waals surface area contributed by atoms with Gasteiger partial charge in [-0.2, -0.15) is 0 Å². The number of para-hydroxylation sites is 2. The lowest BCUT2D eigenvalue weighted by Crippen LogP contribution is -2.10.